The first-order valence-electron chi connectivity index (χ1n) is 7.34. The number of esters is 1. The van der Waals surface area contributed by atoms with Crippen LogP contribution < -0.4 is 0 Å². The van der Waals surface area contributed by atoms with Gasteiger partial charge in [0, 0.05) is 0 Å². The third-order valence-electron chi connectivity index (χ3n) is 3.56. The molecule has 0 radical (unpaired) electrons. The van der Waals surface area contributed by atoms with Crippen LogP contribution in [0.15, 0.2) is 0 Å². The fourth-order valence-electron chi connectivity index (χ4n) is 2.53. The maximum Gasteiger partial charge on any atom is 0.465 e. The topological polar surface area (TPSA) is 118 Å². The molecule has 2 heterocycles. The highest BCUT2D eigenvalue weighted by Crippen LogP contribution is 2.36. The van der Waals surface area contributed by atoms with E-state index in [1.54, 1.807) is 27.7 Å². The molecule has 0 aromatic heterocycles. The van der Waals surface area contributed by atoms with Crippen LogP contribution in [0.1, 0.15) is 27.7 Å². The Morgan fingerprint density at radius 3 is 2.28 bits per heavy atom. The lowest BCUT2D eigenvalue weighted by Crippen LogP contribution is -2.43. The van der Waals surface area contributed by atoms with Crippen molar-refractivity contribution in [3.05, 3.63) is 0 Å². The number of alkyl halides is 2. The van der Waals surface area contributed by atoms with Crippen LogP contribution in [0.4, 0.5) is 8.78 Å². The molecule has 2 aliphatic rings. The SMILES string of the molecule is CC1(C)O[C@@H]([C@H]2COC(C)(C)O2)[C@H](COC(=O)C(F)(F)S(=O)(=O)O)O1. The quantitative estimate of drug-likeness (QED) is 0.534. The summed E-state index contributed by atoms with van der Waals surface area (Å²) in [6, 6.07) is 0. The van der Waals surface area contributed by atoms with Crippen molar-refractivity contribution in [2.45, 2.75) is 62.8 Å². The summed E-state index contributed by atoms with van der Waals surface area (Å²) in [7, 11) is -5.94. The first-order valence-corrected chi connectivity index (χ1v) is 8.78. The average Bonchev–Trinajstić information content (AvgIpc) is 2.93. The zero-order chi connectivity index (χ0) is 19.3. The molecule has 0 spiro atoms. The predicted octanol–water partition coefficient (Wildman–Crippen LogP) is 0.682. The van der Waals surface area contributed by atoms with Gasteiger partial charge in [-0.05, 0) is 27.7 Å². The molecule has 2 saturated heterocycles. The molecule has 0 bridgehead atoms. The molecule has 0 unspecified atom stereocenters. The number of carbonyl (C=O) groups is 1. The average molecular weight is 390 g/mol. The van der Waals surface area contributed by atoms with E-state index in [9.17, 15) is 22.0 Å². The third kappa shape index (κ3) is 4.44. The van der Waals surface area contributed by atoms with Crippen molar-refractivity contribution < 1.29 is 50.2 Å². The molecule has 146 valence electrons. The molecule has 2 aliphatic heterocycles. The summed E-state index contributed by atoms with van der Waals surface area (Å²) in [5, 5.41) is -5.08. The van der Waals surface area contributed by atoms with Crippen LogP contribution in [0.2, 0.25) is 0 Å². The molecule has 2 rings (SSSR count). The highest BCUT2D eigenvalue weighted by atomic mass is 32.2. The van der Waals surface area contributed by atoms with Gasteiger partial charge in [-0.15, -0.1) is 0 Å². The van der Waals surface area contributed by atoms with Gasteiger partial charge < -0.3 is 23.7 Å². The number of halogens is 2. The second-order valence-corrected chi connectivity index (χ2v) is 8.06. The standard InChI is InChI=1S/C13H20F2O9S/c1-11(2)21-6-8(22-11)9-7(23-12(3,4)24-9)5-20-10(16)13(14,15)25(17,18)19/h7-9H,5-6H2,1-4H3,(H,17,18,19)/t7-,8+,9+/m0/s1. The first kappa shape index (κ1) is 20.4. The Hall–Kier alpha value is -0.920. The number of hydrogen-bond acceptors (Lipinski definition) is 8. The van der Waals surface area contributed by atoms with Crippen LogP contribution in [0.5, 0.6) is 0 Å². The molecule has 2 fully saturated rings. The zero-order valence-corrected chi connectivity index (χ0v) is 14.8. The summed E-state index contributed by atoms with van der Waals surface area (Å²) < 4.78 is 82.5. The van der Waals surface area contributed by atoms with Gasteiger partial charge in [0.2, 0.25) is 0 Å². The van der Waals surface area contributed by atoms with E-state index in [0.717, 1.165) is 0 Å². The van der Waals surface area contributed by atoms with Crippen molar-refractivity contribution in [3.63, 3.8) is 0 Å². The minimum atomic E-state index is -5.94. The molecule has 0 amide bonds. The summed E-state index contributed by atoms with van der Waals surface area (Å²) in [4.78, 5) is 11.3. The Morgan fingerprint density at radius 1 is 1.20 bits per heavy atom. The molecule has 0 aromatic rings. The lowest BCUT2D eigenvalue weighted by atomic mass is 10.1. The second-order valence-electron chi connectivity index (χ2n) is 6.60. The van der Waals surface area contributed by atoms with Gasteiger partial charge in [-0.3, -0.25) is 4.55 Å². The zero-order valence-electron chi connectivity index (χ0n) is 14.0. The fraction of sp³-hybridized carbons (Fsp3) is 0.923. The molecular formula is C13H20F2O9S. The Balaban J connectivity index is 2.05. The van der Waals surface area contributed by atoms with Crippen LogP contribution in [-0.4, -0.2) is 67.3 Å². The summed E-state index contributed by atoms with van der Waals surface area (Å²) in [6.07, 6.45) is -2.41. The van der Waals surface area contributed by atoms with E-state index < -0.39 is 57.8 Å². The summed E-state index contributed by atoms with van der Waals surface area (Å²) >= 11 is 0. The molecule has 25 heavy (non-hydrogen) atoms. The maximum atomic E-state index is 13.2. The van der Waals surface area contributed by atoms with Crippen LogP contribution in [-0.2, 0) is 38.6 Å². The molecule has 0 aliphatic carbocycles. The van der Waals surface area contributed by atoms with Crippen molar-refractivity contribution in [3.8, 4) is 0 Å². The molecule has 1 N–H and O–H groups in total. The van der Waals surface area contributed by atoms with E-state index in [0.29, 0.717) is 0 Å². The van der Waals surface area contributed by atoms with E-state index >= 15 is 0 Å². The van der Waals surface area contributed by atoms with Gasteiger partial charge in [0.25, 0.3) is 0 Å². The van der Waals surface area contributed by atoms with E-state index in [1.807, 2.05) is 0 Å². The van der Waals surface area contributed by atoms with Crippen molar-refractivity contribution in [1.82, 2.24) is 0 Å². The summed E-state index contributed by atoms with van der Waals surface area (Å²) in [6.45, 7) is 5.90. The number of rotatable bonds is 5. The maximum absolute atomic E-state index is 13.2. The van der Waals surface area contributed by atoms with Crippen LogP contribution in [0.25, 0.3) is 0 Å². The second kappa shape index (κ2) is 6.35. The van der Waals surface area contributed by atoms with E-state index in [2.05, 4.69) is 4.74 Å². The van der Waals surface area contributed by atoms with Crippen molar-refractivity contribution in [1.29, 1.82) is 0 Å². The predicted molar refractivity (Wildman–Crippen MR) is 76.2 cm³/mol. The Bertz CT molecular complexity index is 631. The van der Waals surface area contributed by atoms with Gasteiger partial charge in [-0.25, -0.2) is 4.79 Å². The first-order chi connectivity index (χ1) is 11.1. The van der Waals surface area contributed by atoms with Gasteiger partial charge in [-0.1, -0.05) is 0 Å². The largest absolute Gasteiger partial charge is 0.465 e. The monoisotopic (exact) mass is 390 g/mol. The summed E-state index contributed by atoms with van der Waals surface area (Å²) in [5.74, 6) is -4.39. The minimum absolute atomic E-state index is 0.142. The molecule has 12 heteroatoms. The fourth-order valence-corrected chi connectivity index (χ4v) is 2.80. The molecule has 3 atom stereocenters. The van der Waals surface area contributed by atoms with Gasteiger partial charge in [-0.2, -0.15) is 17.2 Å². The molecule has 9 nitrogen and oxygen atoms in total. The molecular weight excluding hydrogens is 370 g/mol. The summed E-state index contributed by atoms with van der Waals surface area (Å²) in [5.41, 5.74) is 0. The highest BCUT2D eigenvalue weighted by Gasteiger charge is 2.55. The number of carbonyl (C=O) groups excluding carboxylic acids is 1. The van der Waals surface area contributed by atoms with Gasteiger partial charge in [0.15, 0.2) is 11.6 Å². The third-order valence-corrected chi connectivity index (χ3v) is 4.37. The van der Waals surface area contributed by atoms with E-state index in [4.69, 9.17) is 23.5 Å². The van der Waals surface area contributed by atoms with Crippen LogP contribution >= 0.6 is 0 Å². The number of ether oxygens (including phenoxy) is 5. The van der Waals surface area contributed by atoms with Crippen LogP contribution in [0.3, 0.4) is 0 Å². The Labute approximate surface area is 143 Å². The minimum Gasteiger partial charge on any atom is -0.457 e. The van der Waals surface area contributed by atoms with Gasteiger partial charge in [0.05, 0.1) is 6.61 Å². The smallest absolute Gasteiger partial charge is 0.457 e. The number of hydrogen-bond donors (Lipinski definition) is 1. The van der Waals surface area contributed by atoms with Crippen molar-refractivity contribution >= 4 is 16.1 Å². The molecule has 0 saturated carbocycles. The van der Waals surface area contributed by atoms with Gasteiger partial charge >= 0.3 is 21.3 Å². The Kier molecular flexibility index (Phi) is 5.18. The normalized spacial score (nSPS) is 31.9. The van der Waals surface area contributed by atoms with E-state index in [-0.39, 0.29) is 6.61 Å². The lowest BCUT2D eigenvalue weighted by Gasteiger charge is -2.24. The Morgan fingerprint density at radius 2 is 1.80 bits per heavy atom. The van der Waals surface area contributed by atoms with Crippen molar-refractivity contribution in [2.75, 3.05) is 13.2 Å². The van der Waals surface area contributed by atoms with Crippen molar-refractivity contribution in [2.24, 2.45) is 0 Å². The molecule has 0 aromatic carbocycles. The highest BCUT2D eigenvalue weighted by molar-refractivity contribution is 7.87. The van der Waals surface area contributed by atoms with Gasteiger partial charge in [0.1, 0.15) is 24.9 Å². The van der Waals surface area contributed by atoms with Crippen LogP contribution in [0, 0.1) is 0 Å². The lowest BCUT2D eigenvalue weighted by molar-refractivity contribution is -0.176. The van der Waals surface area contributed by atoms with E-state index in [1.165, 1.54) is 0 Å².